The lowest BCUT2D eigenvalue weighted by Crippen LogP contribution is -1.83. The van der Waals surface area contributed by atoms with Crippen molar-refractivity contribution in [2.45, 2.75) is 0 Å². The van der Waals surface area contributed by atoms with Crippen LogP contribution in [0.25, 0.3) is 22.5 Å². The van der Waals surface area contributed by atoms with Crippen LogP contribution in [0.2, 0.25) is 5.02 Å². The Morgan fingerprint density at radius 3 is 2.04 bits per heavy atom. The quantitative estimate of drug-likeness (QED) is 0.361. The van der Waals surface area contributed by atoms with Crippen LogP contribution in [0.15, 0.2) is 94.3 Å². The molecule has 0 N–H and O–H groups in total. The van der Waals surface area contributed by atoms with Crippen LogP contribution in [0.3, 0.4) is 0 Å². The van der Waals surface area contributed by atoms with Gasteiger partial charge in [0, 0.05) is 22.4 Å². The lowest BCUT2D eigenvalue weighted by Gasteiger charge is -2.03. The summed E-state index contributed by atoms with van der Waals surface area (Å²) in [6.07, 6.45) is 1.67. The average molecular weight is 383 g/mol. The van der Waals surface area contributed by atoms with E-state index in [2.05, 4.69) is 11.1 Å². The van der Waals surface area contributed by atoms with Crippen molar-refractivity contribution in [1.82, 2.24) is 0 Å². The number of aliphatic imine (C=N–C) groups is 1. The molecule has 134 valence electrons. The molecule has 28 heavy (non-hydrogen) atoms. The molecule has 0 aliphatic heterocycles. The van der Waals surface area contributed by atoms with Crippen molar-refractivity contribution in [3.05, 3.63) is 101 Å². The van der Waals surface area contributed by atoms with Gasteiger partial charge in [-0.2, -0.15) is 5.26 Å². The summed E-state index contributed by atoms with van der Waals surface area (Å²) < 4.78 is 6.08. The number of nitrogens with zero attached hydrogens (tertiary/aromatic N) is 2. The van der Waals surface area contributed by atoms with Crippen LogP contribution in [0.1, 0.15) is 11.1 Å². The molecule has 0 fully saturated rings. The van der Waals surface area contributed by atoms with Crippen LogP contribution >= 0.6 is 11.6 Å². The van der Waals surface area contributed by atoms with Crippen molar-refractivity contribution in [1.29, 1.82) is 5.26 Å². The van der Waals surface area contributed by atoms with E-state index in [9.17, 15) is 5.26 Å². The van der Waals surface area contributed by atoms with Gasteiger partial charge in [0.1, 0.15) is 17.4 Å². The second kappa shape index (κ2) is 7.96. The van der Waals surface area contributed by atoms with E-state index in [4.69, 9.17) is 16.0 Å². The first-order valence-corrected chi connectivity index (χ1v) is 9.11. The first-order valence-electron chi connectivity index (χ1n) is 8.73. The zero-order valence-electron chi connectivity index (χ0n) is 14.8. The Labute approximate surface area is 168 Å². The van der Waals surface area contributed by atoms with Crippen molar-refractivity contribution < 1.29 is 4.42 Å². The fourth-order valence-corrected chi connectivity index (χ4v) is 3.09. The number of hydrogen-bond donors (Lipinski definition) is 0. The SMILES string of the molecule is N#Cc1c(/N=C\c2ccc(Cl)cc2)oc(-c2ccccc2)c1-c1ccccc1. The van der Waals surface area contributed by atoms with Gasteiger partial charge in [-0.3, -0.25) is 0 Å². The molecule has 4 heteroatoms. The summed E-state index contributed by atoms with van der Waals surface area (Å²) in [7, 11) is 0. The second-order valence-electron chi connectivity index (χ2n) is 6.14. The number of nitriles is 1. The highest BCUT2D eigenvalue weighted by Gasteiger charge is 2.22. The highest BCUT2D eigenvalue weighted by molar-refractivity contribution is 6.30. The molecule has 0 saturated heterocycles. The third-order valence-electron chi connectivity index (χ3n) is 4.30. The summed E-state index contributed by atoms with van der Waals surface area (Å²) in [5.41, 5.74) is 3.83. The van der Waals surface area contributed by atoms with Gasteiger partial charge in [-0.05, 0) is 23.3 Å². The molecule has 4 aromatic rings. The summed E-state index contributed by atoms with van der Waals surface area (Å²) >= 11 is 5.93. The van der Waals surface area contributed by atoms with Crippen molar-refractivity contribution in [2.24, 2.45) is 4.99 Å². The van der Waals surface area contributed by atoms with Gasteiger partial charge in [0.05, 0.1) is 0 Å². The molecular weight excluding hydrogens is 368 g/mol. The molecule has 0 bridgehead atoms. The van der Waals surface area contributed by atoms with Crippen molar-refractivity contribution >= 4 is 23.7 Å². The number of hydrogen-bond acceptors (Lipinski definition) is 3. The van der Waals surface area contributed by atoms with E-state index in [1.807, 2.05) is 72.8 Å². The Morgan fingerprint density at radius 1 is 0.821 bits per heavy atom. The Kier molecular flexibility index (Phi) is 5.05. The first-order chi connectivity index (χ1) is 13.8. The topological polar surface area (TPSA) is 49.3 Å². The molecule has 0 amide bonds. The van der Waals surface area contributed by atoms with Crippen LogP contribution in [-0.4, -0.2) is 6.21 Å². The van der Waals surface area contributed by atoms with Crippen molar-refractivity contribution in [3.8, 4) is 28.5 Å². The zero-order chi connectivity index (χ0) is 19.3. The summed E-state index contributed by atoms with van der Waals surface area (Å²) in [6.45, 7) is 0. The van der Waals surface area contributed by atoms with Gasteiger partial charge in [0.15, 0.2) is 0 Å². The van der Waals surface area contributed by atoms with Crippen LogP contribution in [0, 0.1) is 11.3 Å². The molecular formula is C24H15ClN2O. The summed E-state index contributed by atoms with van der Waals surface area (Å²) in [5.74, 6) is 0.918. The van der Waals surface area contributed by atoms with Crippen LogP contribution in [0.5, 0.6) is 0 Å². The number of benzene rings is 3. The molecule has 0 radical (unpaired) electrons. The Bertz CT molecular complexity index is 1160. The molecule has 3 aromatic carbocycles. The van der Waals surface area contributed by atoms with Crippen LogP contribution in [0.4, 0.5) is 5.88 Å². The van der Waals surface area contributed by atoms with E-state index < -0.39 is 0 Å². The molecule has 0 unspecified atom stereocenters. The van der Waals surface area contributed by atoms with Gasteiger partial charge >= 0.3 is 0 Å². The van der Waals surface area contributed by atoms with E-state index in [0.29, 0.717) is 16.3 Å². The number of rotatable bonds is 4. The van der Waals surface area contributed by atoms with E-state index in [1.54, 1.807) is 18.3 Å². The molecule has 3 nitrogen and oxygen atoms in total. The van der Waals surface area contributed by atoms with E-state index in [0.717, 1.165) is 22.3 Å². The summed E-state index contributed by atoms with van der Waals surface area (Å²) in [6, 6.07) is 29.1. The Morgan fingerprint density at radius 2 is 1.43 bits per heavy atom. The molecule has 1 heterocycles. The minimum absolute atomic E-state index is 0.287. The lowest BCUT2D eigenvalue weighted by molar-refractivity contribution is 0.593. The monoisotopic (exact) mass is 382 g/mol. The first kappa shape index (κ1) is 17.8. The predicted molar refractivity (Wildman–Crippen MR) is 113 cm³/mol. The third kappa shape index (κ3) is 3.59. The third-order valence-corrected chi connectivity index (χ3v) is 4.55. The van der Waals surface area contributed by atoms with Crippen molar-refractivity contribution in [2.75, 3.05) is 0 Å². The maximum absolute atomic E-state index is 9.85. The fraction of sp³-hybridized carbons (Fsp3) is 0. The van der Waals surface area contributed by atoms with E-state index >= 15 is 0 Å². The van der Waals surface area contributed by atoms with Gasteiger partial charge in [0.2, 0.25) is 5.88 Å². The number of furan rings is 1. The zero-order valence-corrected chi connectivity index (χ0v) is 15.6. The summed E-state index contributed by atoms with van der Waals surface area (Å²) in [4.78, 5) is 4.45. The molecule has 0 aliphatic carbocycles. The maximum atomic E-state index is 9.85. The van der Waals surface area contributed by atoms with Gasteiger partial charge in [-0.25, -0.2) is 4.99 Å². The Balaban J connectivity index is 1.87. The van der Waals surface area contributed by atoms with Gasteiger partial charge in [0.25, 0.3) is 0 Å². The lowest BCUT2D eigenvalue weighted by atomic mass is 9.98. The fourth-order valence-electron chi connectivity index (χ4n) is 2.97. The maximum Gasteiger partial charge on any atom is 0.238 e. The van der Waals surface area contributed by atoms with Gasteiger partial charge in [-0.1, -0.05) is 84.4 Å². The number of halogens is 1. The van der Waals surface area contributed by atoms with Gasteiger partial charge < -0.3 is 4.42 Å². The highest BCUT2D eigenvalue weighted by Crippen LogP contribution is 2.42. The molecule has 0 aliphatic rings. The normalized spacial score (nSPS) is 10.9. The largest absolute Gasteiger partial charge is 0.436 e. The van der Waals surface area contributed by atoms with Crippen LogP contribution in [-0.2, 0) is 0 Å². The standard InChI is InChI=1S/C24H15ClN2O/c25-20-13-11-17(12-14-20)16-27-24-21(15-26)22(18-7-3-1-4-8-18)23(28-24)19-9-5-2-6-10-19/h1-14,16H/b27-16-. The highest BCUT2D eigenvalue weighted by atomic mass is 35.5. The van der Waals surface area contributed by atoms with Crippen molar-refractivity contribution in [3.63, 3.8) is 0 Å². The molecule has 0 spiro atoms. The molecule has 0 atom stereocenters. The average Bonchev–Trinajstić information content (AvgIpc) is 3.13. The minimum atomic E-state index is 0.287. The molecule has 4 rings (SSSR count). The van der Waals surface area contributed by atoms with Crippen LogP contribution < -0.4 is 0 Å². The smallest absolute Gasteiger partial charge is 0.238 e. The summed E-state index contributed by atoms with van der Waals surface area (Å²) in [5, 5.41) is 10.5. The van der Waals surface area contributed by atoms with Gasteiger partial charge in [-0.15, -0.1) is 0 Å². The molecule has 1 aromatic heterocycles. The van der Waals surface area contributed by atoms with E-state index in [1.165, 1.54) is 0 Å². The second-order valence-corrected chi connectivity index (χ2v) is 6.58. The van der Waals surface area contributed by atoms with E-state index in [-0.39, 0.29) is 5.88 Å². The predicted octanol–water partition coefficient (Wildman–Crippen LogP) is 6.89. The minimum Gasteiger partial charge on any atom is -0.436 e. The molecule has 0 saturated carbocycles. The Hall–Kier alpha value is -3.61.